The molecule has 0 aliphatic rings. The third kappa shape index (κ3) is 2.88. The van der Waals surface area contributed by atoms with Crippen molar-refractivity contribution < 1.29 is 9.90 Å². The van der Waals surface area contributed by atoms with Crippen molar-refractivity contribution in [2.45, 2.75) is 19.9 Å². The summed E-state index contributed by atoms with van der Waals surface area (Å²) in [5, 5.41) is 14.3. The van der Waals surface area contributed by atoms with E-state index >= 15 is 0 Å². The smallest absolute Gasteiger partial charge is 0.337 e. The SMILES string of the molecule is CCc1ccsc1CNc1c(N)cccc1C(=O)O. The Hall–Kier alpha value is -2.01. The van der Waals surface area contributed by atoms with Crippen LogP contribution in [0, 0.1) is 0 Å². The molecular formula is C14H16N2O2S. The average molecular weight is 276 g/mol. The number of benzene rings is 1. The Balaban J connectivity index is 2.22. The summed E-state index contributed by atoms with van der Waals surface area (Å²) in [5.74, 6) is -0.975. The van der Waals surface area contributed by atoms with E-state index in [0.717, 1.165) is 6.42 Å². The zero-order valence-corrected chi connectivity index (χ0v) is 11.5. The molecule has 100 valence electrons. The first-order valence-electron chi connectivity index (χ1n) is 6.04. The van der Waals surface area contributed by atoms with Crippen molar-refractivity contribution in [2.24, 2.45) is 0 Å². The van der Waals surface area contributed by atoms with Crippen LogP contribution in [0.4, 0.5) is 11.4 Å². The Kier molecular flexibility index (Phi) is 4.06. The van der Waals surface area contributed by atoms with Crippen molar-refractivity contribution in [3.05, 3.63) is 45.6 Å². The molecule has 0 aliphatic carbocycles. The first-order chi connectivity index (χ1) is 9.13. The molecule has 5 heteroatoms. The molecule has 0 saturated carbocycles. The third-order valence-electron chi connectivity index (χ3n) is 2.97. The first-order valence-corrected chi connectivity index (χ1v) is 6.92. The van der Waals surface area contributed by atoms with Gasteiger partial charge in [-0.3, -0.25) is 0 Å². The van der Waals surface area contributed by atoms with E-state index in [1.807, 2.05) is 5.38 Å². The molecule has 4 nitrogen and oxygen atoms in total. The zero-order valence-electron chi connectivity index (χ0n) is 10.6. The van der Waals surface area contributed by atoms with E-state index in [9.17, 15) is 4.79 Å². The quantitative estimate of drug-likeness (QED) is 0.733. The van der Waals surface area contributed by atoms with Crippen molar-refractivity contribution in [1.82, 2.24) is 0 Å². The number of anilines is 2. The Morgan fingerprint density at radius 2 is 2.21 bits per heavy atom. The lowest BCUT2D eigenvalue weighted by Gasteiger charge is -2.12. The number of carbonyl (C=O) groups is 1. The Morgan fingerprint density at radius 3 is 2.89 bits per heavy atom. The molecule has 0 saturated heterocycles. The molecule has 2 rings (SSSR count). The fourth-order valence-corrected chi connectivity index (χ4v) is 2.87. The highest BCUT2D eigenvalue weighted by Crippen LogP contribution is 2.26. The highest BCUT2D eigenvalue weighted by Gasteiger charge is 2.12. The summed E-state index contributed by atoms with van der Waals surface area (Å²) < 4.78 is 0. The predicted octanol–water partition coefficient (Wildman–Crippen LogP) is 3.20. The summed E-state index contributed by atoms with van der Waals surface area (Å²) in [6.45, 7) is 2.69. The number of hydrogen-bond donors (Lipinski definition) is 3. The third-order valence-corrected chi connectivity index (χ3v) is 3.93. The molecule has 4 N–H and O–H groups in total. The first kappa shape index (κ1) is 13.4. The largest absolute Gasteiger partial charge is 0.478 e. The molecule has 0 aliphatic heterocycles. The molecule has 1 aromatic heterocycles. The van der Waals surface area contributed by atoms with Crippen molar-refractivity contribution in [1.29, 1.82) is 0 Å². The maximum atomic E-state index is 11.2. The lowest BCUT2D eigenvalue weighted by atomic mass is 10.1. The second-order valence-corrected chi connectivity index (χ2v) is 5.15. The standard InChI is InChI=1S/C14H16N2O2S/c1-2-9-6-7-19-12(9)8-16-13-10(14(17)18)4-3-5-11(13)15/h3-7,16H,2,8,15H2,1H3,(H,17,18). The van der Waals surface area contributed by atoms with E-state index in [1.165, 1.54) is 10.4 Å². The van der Waals surface area contributed by atoms with Gasteiger partial charge in [0.2, 0.25) is 0 Å². The van der Waals surface area contributed by atoms with E-state index in [1.54, 1.807) is 29.5 Å². The van der Waals surface area contributed by atoms with Crippen LogP contribution in [0.2, 0.25) is 0 Å². The zero-order chi connectivity index (χ0) is 13.8. The summed E-state index contributed by atoms with van der Waals surface area (Å²) in [4.78, 5) is 12.4. The van der Waals surface area contributed by atoms with Crippen LogP contribution in [0.3, 0.4) is 0 Å². The van der Waals surface area contributed by atoms with E-state index < -0.39 is 5.97 Å². The van der Waals surface area contributed by atoms with Crippen LogP contribution in [0.5, 0.6) is 0 Å². The number of para-hydroxylation sites is 1. The van der Waals surface area contributed by atoms with Crippen LogP contribution < -0.4 is 11.1 Å². The van der Waals surface area contributed by atoms with Gasteiger partial charge in [0.05, 0.1) is 16.9 Å². The van der Waals surface area contributed by atoms with Gasteiger partial charge >= 0.3 is 5.97 Å². The van der Waals surface area contributed by atoms with E-state index in [-0.39, 0.29) is 5.56 Å². The molecule has 0 radical (unpaired) electrons. The summed E-state index contributed by atoms with van der Waals surface area (Å²) >= 11 is 1.66. The minimum absolute atomic E-state index is 0.203. The van der Waals surface area contributed by atoms with Crippen LogP contribution in [0.1, 0.15) is 27.7 Å². The van der Waals surface area contributed by atoms with E-state index in [2.05, 4.69) is 18.3 Å². The van der Waals surface area contributed by atoms with Crippen LogP contribution in [0.15, 0.2) is 29.6 Å². The Morgan fingerprint density at radius 1 is 1.42 bits per heavy atom. The van der Waals surface area contributed by atoms with Crippen LogP contribution in [-0.2, 0) is 13.0 Å². The number of rotatable bonds is 5. The Bertz CT molecular complexity index is 593. The number of nitrogens with one attached hydrogen (secondary N) is 1. The van der Waals surface area contributed by atoms with Gasteiger partial charge in [0.15, 0.2) is 0 Å². The molecule has 0 spiro atoms. The fraction of sp³-hybridized carbons (Fsp3) is 0.214. The van der Waals surface area contributed by atoms with Gasteiger partial charge in [-0.2, -0.15) is 0 Å². The number of thiophene rings is 1. The predicted molar refractivity (Wildman–Crippen MR) is 78.8 cm³/mol. The summed E-state index contributed by atoms with van der Waals surface area (Å²) in [6.07, 6.45) is 0.969. The molecule has 0 unspecified atom stereocenters. The Labute approximate surface area is 115 Å². The van der Waals surface area contributed by atoms with Crippen molar-refractivity contribution in [3.8, 4) is 0 Å². The molecule has 0 atom stereocenters. The van der Waals surface area contributed by atoms with Crippen molar-refractivity contribution >= 4 is 28.7 Å². The monoisotopic (exact) mass is 276 g/mol. The van der Waals surface area contributed by atoms with Crippen LogP contribution in [0.25, 0.3) is 0 Å². The van der Waals surface area contributed by atoms with Crippen LogP contribution in [-0.4, -0.2) is 11.1 Å². The van der Waals surface area contributed by atoms with Crippen molar-refractivity contribution in [3.63, 3.8) is 0 Å². The van der Waals surface area contributed by atoms with Gasteiger partial charge in [-0.1, -0.05) is 13.0 Å². The molecule has 0 bridgehead atoms. The van der Waals surface area contributed by atoms with Gasteiger partial charge in [0.1, 0.15) is 0 Å². The molecule has 1 aromatic carbocycles. The number of aryl methyl sites for hydroxylation is 1. The summed E-state index contributed by atoms with van der Waals surface area (Å²) in [6, 6.07) is 6.99. The van der Waals surface area contributed by atoms with Gasteiger partial charge in [-0.05, 0) is 35.6 Å². The minimum Gasteiger partial charge on any atom is -0.478 e. The number of nitrogen functional groups attached to an aromatic ring is 1. The van der Waals surface area contributed by atoms with E-state index in [4.69, 9.17) is 10.8 Å². The highest BCUT2D eigenvalue weighted by atomic mass is 32.1. The van der Waals surface area contributed by atoms with Gasteiger partial charge in [-0.25, -0.2) is 4.79 Å². The second kappa shape index (κ2) is 5.75. The molecule has 19 heavy (non-hydrogen) atoms. The van der Waals surface area contributed by atoms with Crippen molar-refractivity contribution in [2.75, 3.05) is 11.1 Å². The number of carboxylic acids is 1. The lowest BCUT2D eigenvalue weighted by Crippen LogP contribution is -2.09. The molecule has 2 aromatic rings. The minimum atomic E-state index is -0.975. The van der Waals surface area contributed by atoms with E-state index in [0.29, 0.717) is 17.9 Å². The summed E-state index contributed by atoms with van der Waals surface area (Å²) in [7, 11) is 0. The van der Waals surface area contributed by atoms with Crippen LogP contribution >= 0.6 is 11.3 Å². The van der Waals surface area contributed by atoms with Gasteiger partial charge in [-0.15, -0.1) is 11.3 Å². The molecule has 0 fully saturated rings. The highest BCUT2D eigenvalue weighted by molar-refractivity contribution is 7.10. The van der Waals surface area contributed by atoms with Gasteiger partial charge in [0.25, 0.3) is 0 Å². The maximum Gasteiger partial charge on any atom is 0.337 e. The molecular weight excluding hydrogens is 260 g/mol. The molecule has 1 heterocycles. The van der Waals surface area contributed by atoms with Gasteiger partial charge < -0.3 is 16.2 Å². The topological polar surface area (TPSA) is 75.3 Å². The fourth-order valence-electron chi connectivity index (χ4n) is 1.95. The normalized spacial score (nSPS) is 10.4. The second-order valence-electron chi connectivity index (χ2n) is 4.15. The maximum absolute atomic E-state index is 11.2. The summed E-state index contributed by atoms with van der Waals surface area (Å²) in [5.41, 5.74) is 8.28. The average Bonchev–Trinajstić information content (AvgIpc) is 2.84. The lowest BCUT2D eigenvalue weighted by molar-refractivity contribution is 0.0698. The number of nitrogens with two attached hydrogens (primary N) is 1. The number of aromatic carboxylic acids is 1. The number of carboxylic acid groups (broad SMARTS) is 1. The molecule has 0 amide bonds. The van der Waals surface area contributed by atoms with Gasteiger partial charge in [0, 0.05) is 11.4 Å². The number of hydrogen-bond acceptors (Lipinski definition) is 4.